The van der Waals surface area contributed by atoms with E-state index in [1.165, 1.54) is 16.9 Å². The molecule has 2 unspecified atom stereocenters. The van der Waals surface area contributed by atoms with Gasteiger partial charge in [0.05, 0.1) is 12.7 Å². The van der Waals surface area contributed by atoms with Crippen LogP contribution in [-0.2, 0) is 11.3 Å². The molecule has 0 bridgehead atoms. The summed E-state index contributed by atoms with van der Waals surface area (Å²) in [7, 11) is 0. The minimum Gasteiger partial charge on any atom is -0.372 e. The van der Waals surface area contributed by atoms with Gasteiger partial charge in [-0.2, -0.15) is 0 Å². The first kappa shape index (κ1) is 21.1. The first-order chi connectivity index (χ1) is 15.7. The molecule has 2 aromatic rings. The molecular formula is C26H34N4O2. The minimum absolute atomic E-state index is 0.0921. The van der Waals surface area contributed by atoms with Crippen LogP contribution < -0.4 is 15.1 Å². The first-order valence-corrected chi connectivity index (χ1v) is 12.0. The second-order valence-electron chi connectivity index (χ2n) is 9.34. The lowest BCUT2D eigenvalue weighted by Gasteiger charge is -2.24. The highest BCUT2D eigenvalue weighted by molar-refractivity contribution is 5.74. The van der Waals surface area contributed by atoms with E-state index >= 15 is 0 Å². The number of nitrogens with zero attached hydrogens (tertiary/aromatic N) is 3. The molecule has 3 heterocycles. The van der Waals surface area contributed by atoms with Gasteiger partial charge in [0, 0.05) is 69.0 Å². The maximum absolute atomic E-state index is 12.1. The van der Waals surface area contributed by atoms with Gasteiger partial charge >= 0.3 is 6.03 Å². The van der Waals surface area contributed by atoms with Crippen LogP contribution in [0, 0.1) is 11.8 Å². The highest BCUT2D eigenvalue weighted by atomic mass is 16.5. The lowest BCUT2D eigenvalue weighted by atomic mass is 10.0. The quantitative estimate of drug-likeness (QED) is 0.755. The van der Waals surface area contributed by atoms with Crippen molar-refractivity contribution in [1.29, 1.82) is 0 Å². The Morgan fingerprint density at radius 1 is 0.906 bits per heavy atom. The van der Waals surface area contributed by atoms with Crippen LogP contribution in [0.2, 0.25) is 0 Å². The summed E-state index contributed by atoms with van der Waals surface area (Å²) in [6.45, 7) is 9.19. The zero-order valence-electron chi connectivity index (χ0n) is 19.0. The number of fused-ring (bicyclic) bond motifs is 1. The molecule has 32 heavy (non-hydrogen) atoms. The molecule has 0 aromatic heterocycles. The summed E-state index contributed by atoms with van der Waals surface area (Å²) in [6.07, 6.45) is 1.37. The van der Waals surface area contributed by atoms with Crippen LogP contribution in [0.5, 0.6) is 0 Å². The number of carbonyl (C=O) groups excluding carboxylic acids is 1. The van der Waals surface area contributed by atoms with Gasteiger partial charge in [0.2, 0.25) is 0 Å². The Balaban J connectivity index is 1.11. The molecule has 2 aromatic carbocycles. The van der Waals surface area contributed by atoms with E-state index in [0.29, 0.717) is 31.1 Å². The Morgan fingerprint density at radius 3 is 2.22 bits per heavy atom. The van der Waals surface area contributed by atoms with Crippen LogP contribution in [0.4, 0.5) is 16.2 Å². The van der Waals surface area contributed by atoms with Crippen molar-refractivity contribution in [2.75, 3.05) is 55.6 Å². The second-order valence-corrected chi connectivity index (χ2v) is 9.34. The molecule has 6 nitrogen and oxygen atoms in total. The Labute approximate surface area is 191 Å². The number of rotatable bonds is 6. The molecule has 0 radical (unpaired) electrons. The molecule has 2 amide bonds. The molecule has 3 saturated heterocycles. The lowest BCUT2D eigenvalue weighted by Crippen LogP contribution is -2.40. The Kier molecular flexibility index (Phi) is 6.21. The predicted molar refractivity (Wildman–Crippen MR) is 128 cm³/mol. The molecule has 3 aliphatic rings. The molecule has 0 aliphatic carbocycles. The van der Waals surface area contributed by atoms with Gasteiger partial charge < -0.3 is 24.8 Å². The summed E-state index contributed by atoms with van der Waals surface area (Å²) in [6, 6.07) is 19.5. The molecule has 6 heteroatoms. The highest BCUT2D eigenvalue weighted by Crippen LogP contribution is 2.35. The molecule has 3 fully saturated rings. The third-order valence-electron chi connectivity index (χ3n) is 7.16. The number of amides is 2. The number of benzene rings is 2. The highest BCUT2D eigenvalue weighted by Gasteiger charge is 2.41. The fourth-order valence-electron chi connectivity index (χ4n) is 5.39. The maximum Gasteiger partial charge on any atom is 0.317 e. The molecule has 1 N–H and O–H groups in total. The molecule has 170 valence electrons. The number of carbonyl (C=O) groups is 1. The van der Waals surface area contributed by atoms with Crippen LogP contribution in [0.25, 0.3) is 0 Å². The third-order valence-corrected chi connectivity index (χ3v) is 7.16. The molecule has 5 rings (SSSR count). The minimum atomic E-state index is 0.0921. The SMILES string of the molecule is CCNC(=O)N1CC2CN(c3ccc(N4CC[C@@H](OCc5ccccc5)C4)cc3)CC2C1. The smallest absolute Gasteiger partial charge is 0.317 e. The predicted octanol–water partition coefficient (Wildman–Crippen LogP) is 3.58. The monoisotopic (exact) mass is 434 g/mol. The van der Waals surface area contributed by atoms with Gasteiger partial charge in [-0.3, -0.25) is 0 Å². The summed E-state index contributed by atoms with van der Waals surface area (Å²) < 4.78 is 6.15. The van der Waals surface area contributed by atoms with E-state index < -0.39 is 0 Å². The van der Waals surface area contributed by atoms with Crippen molar-refractivity contribution in [2.24, 2.45) is 11.8 Å². The molecule has 3 atom stereocenters. The number of likely N-dealkylation sites (tertiary alicyclic amines) is 1. The van der Waals surface area contributed by atoms with Crippen molar-refractivity contribution in [3.05, 3.63) is 60.2 Å². The van der Waals surface area contributed by atoms with Gasteiger partial charge in [-0.05, 0) is 43.2 Å². The van der Waals surface area contributed by atoms with Crippen LogP contribution in [-0.4, -0.2) is 62.8 Å². The first-order valence-electron chi connectivity index (χ1n) is 12.0. The van der Waals surface area contributed by atoms with Crippen molar-refractivity contribution < 1.29 is 9.53 Å². The average molecular weight is 435 g/mol. The number of urea groups is 1. The van der Waals surface area contributed by atoms with Crippen molar-refractivity contribution in [3.63, 3.8) is 0 Å². The number of hydrogen-bond acceptors (Lipinski definition) is 4. The Morgan fingerprint density at radius 2 is 1.56 bits per heavy atom. The van der Waals surface area contributed by atoms with Crippen LogP contribution >= 0.6 is 0 Å². The normalized spacial score (nSPS) is 24.8. The van der Waals surface area contributed by atoms with E-state index in [4.69, 9.17) is 4.74 Å². The number of ether oxygens (including phenoxy) is 1. The number of hydrogen-bond donors (Lipinski definition) is 1. The van der Waals surface area contributed by atoms with E-state index in [9.17, 15) is 4.79 Å². The zero-order valence-corrected chi connectivity index (χ0v) is 19.0. The second kappa shape index (κ2) is 9.41. The molecule has 0 saturated carbocycles. The standard InChI is InChI=1S/C26H34N4O2/c1-2-27-26(31)30-16-21-14-29(15-22(21)17-30)24-10-8-23(9-11-24)28-13-12-25(18-28)32-19-20-6-4-3-5-7-20/h3-11,21-22,25H,2,12-19H2,1H3,(H,27,31)/t21?,22?,25-/m1/s1. The van der Waals surface area contributed by atoms with Crippen LogP contribution in [0.3, 0.4) is 0 Å². The van der Waals surface area contributed by atoms with Gasteiger partial charge in [0.15, 0.2) is 0 Å². The summed E-state index contributed by atoms with van der Waals surface area (Å²) in [5, 5.41) is 2.93. The van der Waals surface area contributed by atoms with Crippen LogP contribution in [0.15, 0.2) is 54.6 Å². The molecular weight excluding hydrogens is 400 g/mol. The van der Waals surface area contributed by atoms with Gasteiger partial charge in [-0.15, -0.1) is 0 Å². The summed E-state index contributed by atoms with van der Waals surface area (Å²) in [5.74, 6) is 1.16. The third kappa shape index (κ3) is 4.56. The van der Waals surface area contributed by atoms with Gasteiger partial charge in [-0.1, -0.05) is 30.3 Å². The average Bonchev–Trinajstić information content (AvgIpc) is 3.54. The Bertz CT molecular complexity index is 890. The number of anilines is 2. The van der Waals surface area contributed by atoms with Gasteiger partial charge in [0.25, 0.3) is 0 Å². The van der Waals surface area contributed by atoms with E-state index in [2.05, 4.69) is 63.6 Å². The largest absolute Gasteiger partial charge is 0.372 e. The van der Waals surface area contributed by atoms with Gasteiger partial charge in [0.1, 0.15) is 0 Å². The summed E-state index contributed by atoms with van der Waals surface area (Å²) >= 11 is 0. The Hall–Kier alpha value is -2.73. The van der Waals surface area contributed by atoms with Crippen molar-refractivity contribution in [3.8, 4) is 0 Å². The van der Waals surface area contributed by atoms with Crippen molar-refractivity contribution >= 4 is 17.4 Å². The topological polar surface area (TPSA) is 48.1 Å². The molecule has 0 spiro atoms. The van der Waals surface area contributed by atoms with Crippen LogP contribution in [0.1, 0.15) is 18.9 Å². The molecule has 3 aliphatic heterocycles. The van der Waals surface area contributed by atoms with E-state index in [-0.39, 0.29) is 6.03 Å². The van der Waals surface area contributed by atoms with E-state index in [0.717, 1.165) is 45.7 Å². The summed E-state index contributed by atoms with van der Waals surface area (Å²) in [4.78, 5) is 19.0. The van der Waals surface area contributed by atoms with E-state index in [1.807, 2.05) is 17.9 Å². The fraction of sp³-hybridized carbons (Fsp3) is 0.500. The van der Waals surface area contributed by atoms with E-state index in [1.54, 1.807) is 0 Å². The number of nitrogens with one attached hydrogen (secondary N) is 1. The lowest BCUT2D eigenvalue weighted by molar-refractivity contribution is 0.0553. The maximum atomic E-state index is 12.1. The van der Waals surface area contributed by atoms with Crippen molar-refractivity contribution in [2.45, 2.75) is 26.1 Å². The van der Waals surface area contributed by atoms with Gasteiger partial charge in [-0.25, -0.2) is 4.79 Å². The zero-order chi connectivity index (χ0) is 21.9. The summed E-state index contributed by atoms with van der Waals surface area (Å²) in [5.41, 5.74) is 3.81. The van der Waals surface area contributed by atoms with Crippen molar-refractivity contribution in [1.82, 2.24) is 10.2 Å². The fourth-order valence-corrected chi connectivity index (χ4v) is 5.39.